The van der Waals surface area contributed by atoms with Gasteiger partial charge in [-0.3, -0.25) is 10.1 Å². The summed E-state index contributed by atoms with van der Waals surface area (Å²) in [6, 6.07) is 23.4. The molecule has 0 saturated heterocycles. The van der Waals surface area contributed by atoms with E-state index in [0.29, 0.717) is 17.9 Å². The molecule has 122 valence electrons. The Labute approximate surface area is 144 Å². The van der Waals surface area contributed by atoms with E-state index in [2.05, 4.69) is 0 Å². The van der Waals surface area contributed by atoms with Crippen LogP contribution in [-0.4, -0.2) is 4.92 Å². The first kappa shape index (κ1) is 16.2. The Morgan fingerprint density at radius 2 is 1.80 bits per heavy atom. The Hall–Kier alpha value is -3.65. The van der Waals surface area contributed by atoms with Crippen LogP contribution in [0.25, 0.3) is 11.1 Å². The first-order valence-electron chi connectivity index (χ1n) is 7.63. The van der Waals surface area contributed by atoms with E-state index in [0.717, 1.165) is 11.1 Å². The van der Waals surface area contributed by atoms with Gasteiger partial charge in [-0.2, -0.15) is 5.26 Å². The third-order valence-corrected chi connectivity index (χ3v) is 3.73. The second kappa shape index (κ2) is 7.28. The highest BCUT2D eigenvalue weighted by Crippen LogP contribution is 2.29. The predicted molar refractivity (Wildman–Crippen MR) is 94.0 cm³/mol. The van der Waals surface area contributed by atoms with Gasteiger partial charge in [-0.15, -0.1) is 0 Å². The molecule has 0 spiro atoms. The molecule has 0 bridgehead atoms. The molecule has 5 nitrogen and oxygen atoms in total. The quantitative estimate of drug-likeness (QED) is 0.501. The van der Waals surface area contributed by atoms with Gasteiger partial charge in [0, 0.05) is 17.7 Å². The number of benzene rings is 3. The van der Waals surface area contributed by atoms with Crippen molar-refractivity contribution >= 4 is 5.69 Å². The SMILES string of the molecule is N#Cc1cc([N+](=O)[O-])ccc1-c1cccc(OCc2ccccc2)c1. The summed E-state index contributed by atoms with van der Waals surface area (Å²) in [7, 11) is 0. The molecular weight excluding hydrogens is 316 g/mol. The molecule has 0 atom stereocenters. The van der Waals surface area contributed by atoms with Crippen molar-refractivity contribution in [2.75, 3.05) is 0 Å². The van der Waals surface area contributed by atoms with Crippen molar-refractivity contribution in [3.05, 3.63) is 94.0 Å². The number of hydrogen-bond acceptors (Lipinski definition) is 4. The van der Waals surface area contributed by atoms with Crippen molar-refractivity contribution in [2.45, 2.75) is 6.61 Å². The summed E-state index contributed by atoms with van der Waals surface area (Å²) >= 11 is 0. The van der Waals surface area contributed by atoms with Crippen molar-refractivity contribution in [3.63, 3.8) is 0 Å². The van der Waals surface area contributed by atoms with E-state index in [-0.39, 0.29) is 11.3 Å². The maximum absolute atomic E-state index is 10.9. The van der Waals surface area contributed by atoms with E-state index >= 15 is 0 Å². The van der Waals surface area contributed by atoms with Crippen LogP contribution in [0.5, 0.6) is 5.75 Å². The molecule has 0 unspecified atom stereocenters. The van der Waals surface area contributed by atoms with Crippen molar-refractivity contribution in [3.8, 4) is 22.9 Å². The lowest BCUT2D eigenvalue weighted by Crippen LogP contribution is -1.95. The van der Waals surface area contributed by atoms with Crippen LogP contribution >= 0.6 is 0 Å². The molecule has 3 aromatic rings. The number of nitriles is 1. The fourth-order valence-corrected chi connectivity index (χ4v) is 2.48. The normalized spacial score (nSPS) is 10.0. The first-order valence-corrected chi connectivity index (χ1v) is 7.63. The predicted octanol–water partition coefficient (Wildman–Crippen LogP) is 4.71. The molecule has 0 aliphatic heterocycles. The second-order valence-corrected chi connectivity index (χ2v) is 5.40. The first-order chi connectivity index (χ1) is 12.2. The molecule has 0 radical (unpaired) electrons. The van der Waals surface area contributed by atoms with Crippen LogP contribution in [0.3, 0.4) is 0 Å². The number of nitro groups is 1. The Morgan fingerprint density at radius 1 is 1.00 bits per heavy atom. The van der Waals surface area contributed by atoms with Gasteiger partial charge < -0.3 is 4.74 Å². The van der Waals surface area contributed by atoms with Crippen molar-refractivity contribution in [1.29, 1.82) is 5.26 Å². The molecular formula is C20H14N2O3. The van der Waals surface area contributed by atoms with Crippen LogP contribution in [-0.2, 0) is 6.61 Å². The zero-order valence-electron chi connectivity index (χ0n) is 13.3. The summed E-state index contributed by atoms with van der Waals surface area (Å²) in [6.45, 7) is 0.440. The molecule has 0 aromatic heterocycles. The number of rotatable bonds is 5. The van der Waals surface area contributed by atoms with Crippen LogP contribution in [0.1, 0.15) is 11.1 Å². The minimum atomic E-state index is -0.510. The largest absolute Gasteiger partial charge is 0.489 e. The van der Waals surface area contributed by atoms with Gasteiger partial charge >= 0.3 is 0 Å². The zero-order chi connectivity index (χ0) is 17.6. The number of nitrogens with zero attached hydrogens (tertiary/aromatic N) is 2. The molecule has 0 fully saturated rings. The van der Waals surface area contributed by atoms with Crippen molar-refractivity contribution in [2.24, 2.45) is 0 Å². The van der Waals surface area contributed by atoms with E-state index in [1.165, 1.54) is 12.1 Å². The summed E-state index contributed by atoms with van der Waals surface area (Å²) < 4.78 is 5.80. The van der Waals surface area contributed by atoms with Crippen LogP contribution in [0, 0.1) is 21.4 Å². The molecule has 0 heterocycles. The zero-order valence-corrected chi connectivity index (χ0v) is 13.3. The lowest BCUT2D eigenvalue weighted by atomic mass is 9.99. The fourth-order valence-electron chi connectivity index (χ4n) is 2.48. The summed E-state index contributed by atoms with van der Waals surface area (Å²) in [5, 5.41) is 20.2. The molecule has 0 aliphatic rings. The number of nitro benzene ring substituents is 1. The van der Waals surface area contributed by atoms with Gasteiger partial charge in [0.25, 0.3) is 5.69 Å². The molecule has 0 saturated carbocycles. The van der Waals surface area contributed by atoms with Crippen LogP contribution in [0.2, 0.25) is 0 Å². The Bertz CT molecular complexity index is 947. The van der Waals surface area contributed by atoms with Crippen LogP contribution < -0.4 is 4.74 Å². The van der Waals surface area contributed by atoms with Gasteiger partial charge in [-0.25, -0.2) is 0 Å². The topological polar surface area (TPSA) is 76.2 Å². The highest BCUT2D eigenvalue weighted by Gasteiger charge is 2.12. The summed E-state index contributed by atoms with van der Waals surface area (Å²) in [4.78, 5) is 10.4. The fraction of sp³-hybridized carbons (Fsp3) is 0.0500. The molecule has 0 aliphatic carbocycles. The second-order valence-electron chi connectivity index (χ2n) is 5.40. The third-order valence-electron chi connectivity index (χ3n) is 3.73. The average Bonchev–Trinajstić information content (AvgIpc) is 2.67. The Kier molecular flexibility index (Phi) is 4.72. The highest BCUT2D eigenvalue weighted by atomic mass is 16.6. The van der Waals surface area contributed by atoms with Gasteiger partial charge in [-0.1, -0.05) is 42.5 Å². The standard InChI is InChI=1S/C20H14N2O3/c21-13-17-11-18(22(23)24)9-10-20(17)16-7-4-8-19(12-16)25-14-15-5-2-1-3-6-15/h1-12H,14H2. The van der Waals surface area contributed by atoms with Gasteiger partial charge in [0.2, 0.25) is 0 Å². The monoisotopic (exact) mass is 330 g/mol. The molecule has 0 N–H and O–H groups in total. The Balaban J connectivity index is 1.86. The van der Waals surface area contributed by atoms with Crippen molar-refractivity contribution in [1.82, 2.24) is 0 Å². The van der Waals surface area contributed by atoms with Crippen LogP contribution in [0.15, 0.2) is 72.8 Å². The van der Waals surface area contributed by atoms with E-state index in [9.17, 15) is 15.4 Å². The lowest BCUT2D eigenvalue weighted by molar-refractivity contribution is -0.384. The molecule has 3 aromatic carbocycles. The Morgan fingerprint density at radius 3 is 2.52 bits per heavy atom. The van der Waals surface area contributed by atoms with E-state index < -0.39 is 4.92 Å². The lowest BCUT2D eigenvalue weighted by Gasteiger charge is -2.09. The molecule has 0 amide bonds. The number of hydrogen-bond donors (Lipinski definition) is 0. The average molecular weight is 330 g/mol. The summed E-state index contributed by atoms with van der Waals surface area (Å²) in [5.74, 6) is 0.670. The number of ether oxygens (including phenoxy) is 1. The van der Waals surface area contributed by atoms with E-state index in [4.69, 9.17) is 4.74 Å². The highest BCUT2D eigenvalue weighted by molar-refractivity contribution is 5.73. The molecule has 3 rings (SSSR count). The molecule has 5 heteroatoms. The molecule has 25 heavy (non-hydrogen) atoms. The summed E-state index contributed by atoms with van der Waals surface area (Å²) in [6.07, 6.45) is 0. The van der Waals surface area contributed by atoms with E-state index in [1.54, 1.807) is 6.07 Å². The summed E-state index contributed by atoms with van der Waals surface area (Å²) in [5.41, 5.74) is 2.63. The smallest absolute Gasteiger partial charge is 0.270 e. The van der Waals surface area contributed by atoms with E-state index in [1.807, 2.05) is 60.7 Å². The number of non-ortho nitro benzene ring substituents is 1. The minimum absolute atomic E-state index is 0.100. The maximum Gasteiger partial charge on any atom is 0.270 e. The van der Waals surface area contributed by atoms with Gasteiger partial charge in [-0.05, 0) is 29.3 Å². The minimum Gasteiger partial charge on any atom is -0.489 e. The van der Waals surface area contributed by atoms with Crippen LogP contribution in [0.4, 0.5) is 5.69 Å². The van der Waals surface area contributed by atoms with Gasteiger partial charge in [0.05, 0.1) is 10.5 Å². The maximum atomic E-state index is 10.9. The third kappa shape index (κ3) is 3.82. The van der Waals surface area contributed by atoms with Gasteiger partial charge in [0.15, 0.2) is 0 Å². The van der Waals surface area contributed by atoms with Gasteiger partial charge in [0.1, 0.15) is 18.4 Å². The van der Waals surface area contributed by atoms with Crippen molar-refractivity contribution < 1.29 is 9.66 Å².